The number of nitrogens with one attached hydrogen (secondary N) is 1. The fourth-order valence-corrected chi connectivity index (χ4v) is 2.16. The highest BCUT2D eigenvalue weighted by Gasteiger charge is 2.16. The summed E-state index contributed by atoms with van der Waals surface area (Å²) in [7, 11) is 1.56. The first-order chi connectivity index (χ1) is 10.6. The van der Waals surface area contributed by atoms with Crippen molar-refractivity contribution < 1.29 is 14.3 Å². The molecule has 1 aromatic carbocycles. The summed E-state index contributed by atoms with van der Waals surface area (Å²) >= 11 is 0. The van der Waals surface area contributed by atoms with E-state index >= 15 is 0 Å². The first-order valence-corrected chi connectivity index (χ1v) is 7.83. The minimum atomic E-state index is -0.206. The van der Waals surface area contributed by atoms with Crippen LogP contribution in [0.4, 0.5) is 5.69 Å². The number of benzene rings is 1. The lowest BCUT2D eigenvalue weighted by molar-refractivity contribution is -0.134. The van der Waals surface area contributed by atoms with Crippen LogP contribution < -0.4 is 10.1 Å². The standard InChI is InChI=1S/C17H26N2O3/c1-4-6-11-17(21)19(12-5-2)13-16(20)18-14-9-7-8-10-15(14)22-3/h7-10H,4-6,11-13H2,1-3H3,(H,18,20). The van der Waals surface area contributed by atoms with Gasteiger partial charge in [-0.15, -0.1) is 0 Å². The number of para-hydroxylation sites is 2. The van der Waals surface area contributed by atoms with Crippen molar-refractivity contribution in [3.8, 4) is 5.75 Å². The Balaban J connectivity index is 2.64. The van der Waals surface area contributed by atoms with Gasteiger partial charge < -0.3 is 15.0 Å². The molecule has 0 fully saturated rings. The highest BCUT2D eigenvalue weighted by atomic mass is 16.5. The van der Waals surface area contributed by atoms with Crippen LogP contribution >= 0.6 is 0 Å². The van der Waals surface area contributed by atoms with E-state index in [1.54, 1.807) is 24.1 Å². The van der Waals surface area contributed by atoms with Gasteiger partial charge in [-0.2, -0.15) is 0 Å². The molecular weight excluding hydrogens is 280 g/mol. The van der Waals surface area contributed by atoms with E-state index in [2.05, 4.69) is 5.32 Å². The van der Waals surface area contributed by atoms with Crippen molar-refractivity contribution in [2.45, 2.75) is 39.5 Å². The molecule has 0 radical (unpaired) electrons. The Kier molecular flexibility index (Phi) is 8.04. The fourth-order valence-electron chi connectivity index (χ4n) is 2.16. The van der Waals surface area contributed by atoms with E-state index < -0.39 is 0 Å². The Morgan fingerprint density at radius 2 is 1.91 bits per heavy atom. The van der Waals surface area contributed by atoms with E-state index in [4.69, 9.17) is 4.74 Å². The molecule has 0 spiro atoms. The average molecular weight is 306 g/mol. The number of amides is 2. The maximum Gasteiger partial charge on any atom is 0.244 e. The van der Waals surface area contributed by atoms with Crippen LogP contribution in [0.1, 0.15) is 39.5 Å². The smallest absolute Gasteiger partial charge is 0.244 e. The maximum absolute atomic E-state index is 12.2. The molecule has 0 bridgehead atoms. The second kappa shape index (κ2) is 9.82. The molecule has 0 aliphatic carbocycles. The number of methoxy groups -OCH3 is 1. The van der Waals surface area contributed by atoms with Crippen molar-refractivity contribution in [3.63, 3.8) is 0 Å². The highest BCUT2D eigenvalue weighted by Crippen LogP contribution is 2.22. The van der Waals surface area contributed by atoms with Gasteiger partial charge in [0.05, 0.1) is 19.3 Å². The zero-order chi connectivity index (χ0) is 16.4. The predicted octanol–water partition coefficient (Wildman–Crippen LogP) is 3.06. The Bertz CT molecular complexity index is 489. The van der Waals surface area contributed by atoms with Crippen molar-refractivity contribution in [3.05, 3.63) is 24.3 Å². The second-order valence-electron chi connectivity index (χ2n) is 5.17. The molecule has 0 saturated heterocycles. The first-order valence-electron chi connectivity index (χ1n) is 7.83. The topological polar surface area (TPSA) is 58.6 Å². The zero-order valence-corrected chi connectivity index (χ0v) is 13.7. The minimum absolute atomic E-state index is 0.0406. The van der Waals surface area contributed by atoms with E-state index in [0.29, 0.717) is 24.4 Å². The first kappa shape index (κ1) is 18.0. The quantitative estimate of drug-likeness (QED) is 0.763. The van der Waals surface area contributed by atoms with Gasteiger partial charge in [0.1, 0.15) is 5.75 Å². The highest BCUT2D eigenvalue weighted by molar-refractivity contribution is 5.95. The molecule has 0 saturated carbocycles. The third-order valence-electron chi connectivity index (χ3n) is 3.31. The largest absolute Gasteiger partial charge is 0.495 e. The van der Waals surface area contributed by atoms with E-state index in [1.165, 1.54) is 0 Å². The maximum atomic E-state index is 12.2. The van der Waals surface area contributed by atoms with Gasteiger partial charge in [-0.25, -0.2) is 0 Å². The van der Waals surface area contributed by atoms with Crippen LogP contribution in [0.3, 0.4) is 0 Å². The summed E-state index contributed by atoms with van der Waals surface area (Å²) in [6.07, 6.45) is 3.16. The molecule has 1 N–H and O–H groups in total. The number of carbonyl (C=O) groups is 2. The van der Waals surface area contributed by atoms with Gasteiger partial charge in [0.2, 0.25) is 11.8 Å². The Morgan fingerprint density at radius 1 is 1.18 bits per heavy atom. The summed E-state index contributed by atoms with van der Waals surface area (Å²) < 4.78 is 5.20. The second-order valence-corrected chi connectivity index (χ2v) is 5.17. The van der Waals surface area contributed by atoms with Gasteiger partial charge in [-0.1, -0.05) is 32.4 Å². The van der Waals surface area contributed by atoms with E-state index in [1.807, 2.05) is 26.0 Å². The van der Waals surface area contributed by atoms with Gasteiger partial charge in [0.25, 0.3) is 0 Å². The Hall–Kier alpha value is -2.04. The minimum Gasteiger partial charge on any atom is -0.495 e. The summed E-state index contributed by atoms with van der Waals surface area (Å²) in [5.74, 6) is 0.442. The van der Waals surface area contributed by atoms with Crippen LogP contribution in [0.2, 0.25) is 0 Å². The van der Waals surface area contributed by atoms with Crippen LogP contribution in [0, 0.1) is 0 Å². The van der Waals surface area contributed by atoms with Crippen LogP contribution in [-0.4, -0.2) is 36.9 Å². The molecule has 22 heavy (non-hydrogen) atoms. The number of ether oxygens (including phenoxy) is 1. The van der Waals surface area contributed by atoms with Gasteiger partial charge in [0, 0.05) is 13.0 Å². The molecule has 5 nitrogen and oxygen atoms in total. The molecule has 122 valence electrons. The lowest BCUT2D eigenvalue weighted by atomic mass is 10.2. The number of carbonyl (C=O) groups excluding carboxylic acids is 2. The number of rotatable bonds is 9. The molecule has 0 atom stereocenters. The number of hydrogen-bond acceptors (Lipinski definition) is 3. The molecule has 2 amide bonds. The predicted molar refractivity (Wildman–Crippen MR) is 88.0 cm³/mol. The third-order valence-corrected chi connectivity index (χ3v) is 3.31. The van der Waals surface area contributed by atoms with E-state index in [0.717, 1.165) is 19.3 Å². The van der Waals surface area contributed by atoms with Crippen LogP contribution in [0.25, 0.3) is 0 Å². The molecule has 1 rings (SSSR count). The van der Waals surface area contributed by atoms with Gasteiger partial charge in [0.15, 0.2) is 0 Å². The molecule has 5 heteroatoms. The summed E-state index contributed by atoms with van der Waals surface area (Å²) in [5, 5.41) is 2.80. The van der Waals surface area contributed by atoms with Gasteiger partial charge in [-0.3, -0.25) is 9.59 Å². The number of anilines is 1. The van der Waals surface area contributed by atoms with Crippen molar-refractivity contribution in [2.24, 2.45) is 0 Å². The molecule has 0 unspecified atom stereocenters. The molecule has 0 heterocycles. The van der Waals surface area contributed by atoms with Crippen molar-refractivity contribution in [1.82, 2.24) is 4.90 Å². The SMILES string of the molecule is CCCCC(=O)N(CCC)CC(=O)Nc1ccccc1OC. The third kappa shape index (κ3) is 5.76. The van der Waals surface area contributed by atoms with Crippen LogP contribution in [0.15, 0.2) is 24.3 Å². The average Bonchev–Trinajstić information content (AvgIpc) is 2.52. The van der Waals surface area contributed by atoms with Crippen molar-refractivity contribution in [2.75, 3.05) is 25.5 Å². The zero-order valence-electron chi connectivity index (χ0n) is 13.7. The number of nitrogens with zero attached hydrogens (tertiary/aromatic N) is 1. The van der Waals surface area contributed by atoms with Gasteiger partial charge >= 0.3 is 0 Å². The van der Waals surface area contributed by atoms with Gasteiger partial charge in [-0.05, 0) is 25.0 Å². The lowest BCUT2D eigenvalue weighted by Gasteiger charge is -2.22. The monoisotopic (exact) mass is 306 g/mol. The molecule has 1 aromatic rings. The molecule has 0 aliphatic heterocycles. The summed E-state index contributed by atoms with van der Waals surface area (Å²) in [6.45, 7) is 4.72. The number of hydrogen-bond donors (Lipinski definition) is 1. The fraction of sp³-hybridized carbons (Fsp3) is 0.529. The normalized spacial score (nSPS) is 10.1. The lowest BCUT2D eigenvalue weighted by Crippen LogP contribution is -2.38. The summed E-state index contributed by atoms with van der Waals surface area (Å²) in [4.78, 5) is 25.9. The summed E-state index contributed by atoms with van der Waals surface area (Å²) in [6, 6.07) is 7.23. The van der Waals surface area contributed by atoms with Crippen LogP contribution in [0.5, 0.6) is 5.75 Å². The van der Waals surface area contributed by atoms with E-state index in [-0.39, 0.29) is 18.4 Å². The summed E-state index contributed by atoms with van der Waals surface area (Å²) in [5.41, 5.74) is 0.618. The molecule has 0 aliphatic rings. The molecule has 0 aromatic heterocycles. The van der Waals surface area contributed by atoms with E-state index in [9.17, 15) is 9.59 Å². The van der Waals surface area contributed by atoms with Crippen LogP contribution in [-0.2, 0) is 9.59 Å². The Labute approximate surface area is 132 Å². The Morgan fingerprint density at radius 3 is 2.55 bits per heavy atom. The van der Waals surface area contributed by atoms with Crippen molar-refractivity contribution in [1.29, 1.82) is 0 Å². The molecular formula is C17H26N2O3. The van der Waals surface area contributed by atoms with Crippen molar-refractivity contribution >= 4 is 17.5 Å². The number of unbranched alkanes of at least 4 members (excludes halogenated alkanes) is 1.